The number of unbranched alkanes of at least 4 members (excludes halogenated alkanes) is 6. The summed E-state index contributed by atoms with van der Waals surface area (Å²) < 4.78 is 8.98. The summed E-state index contributed by atoms with van der Waals surface area (Å²) in [4.78, 5) is 18.9. The molecule has 2 fully saturated rings. The lowest BCUT2D eigenvalue weighted by Gasteiger charge is -1.98. The van der Waals surface area contributed by atoms with Gasteiger partial charge in [0.15, 0.2) is 12.6 Å². The molecule has 0 saturated carbocycles. The van der Waals surface area contributed by atoms with Gasteiger partial charge in [-0.15, -0.1) is 0 Å². The van der Waals surface area contributed by atoms with Crippen molar-refractivity contribution in [1.82, 2.24) is 0 Å². The van der Waals surface area contributed by atoms with Gasteiger partial charge in [-0.2, -0.15) is 0 Å². The lowest BCUT2D eigenvalue weighted by Crippen LogP contribution is -1.85. The predicted molar refractivity (Wildman–Crippen MR) is 78.1 cm³/mol. The Morgan fingerprint density at radius 3 is 1.14 bits per heavy atom. The molecule has 2 aliphatic heterocycles. The Bertz CT molecular complexity index is 214. The zero-order chi connectivity index (χ0) is 15.8. The van der Waals surface area contributed by atoms with Gasteiger partial charge in [-0.3, -0.25) is 0 Å². The van der Waals surface area contributed by atoms with Gasteiger partial charge >= 0.3 is 0 Å². The Hall–Kier alpha value is -0.820. The molecule has 0 aromatic rings. The first-order valence-corrected chi connectivity index (χ1v) is 7.64. The Morgan fingerprint density at radius 1 is 0.714 bits per heavy atom. The summed E-state index contributed by atoms with van der Waals surface area (Å²) in [5, 5.41) is 16.9. The van der Waals surface area contributed by atoms with Gasteiger partial charge in [0.1, 0.15) is 12.2 Å². The van der Waals surface area contributed by atoms with E-state index in [0.29, 0.717) is 26.4 Å². The van der Waals surface area contributed by atoms with E-state index in [0.717, 1.165) is 38.3 Å². The maximum atomic E-state index is 9.44. The minimum atomic E-state index is -0.0463. The Kier molecular flexibility index (Phi) is 15.0. The molecule has 0 aromatic carbocycles. The van der Waals surface area contributed by atoms with Crippen LogP contribution in [0.3, 0.4) is 0 Å². The first kappa shape index (κ1) is 20.2. The average Bonchev–Trinajstić information content (AvgIpc) is 3.41. The Balaban J connectivity index is 0.000000325. The van der Waals surface area contributed by atoms with Crippen LogP contribution >= 0.6 is 0 Å². The highest BCUT2D eigenvalue weighted by Gasteiger charge is 2.20. The molecule has 124 valence electrons. The van der Waals surface area contributed by atoms with Gasteiger partial charge in [0.25, 0.3) is 0 Å². The highest BCUT2D eigenvalue weighted by atomic mass is 16.6. The summed E-state index contributed by atoms with van der Waals surface area (Å²) in [6, 6.07) is 0. The molecule has 0 bridgehead atoms. The van der Waals surface area contributed by atoms with E-state index in [2.05, 4.69) is 9.47 Å². The summed E-state index contributed by atoms with van der Waals surface area (Å²) in [6.07, 6.45) is 9.41. The number of carbonyl (C=O) groups excluding carboxylic acids is 2. The molecule has 2 rings (SSSR count). The largest absolute Gasteiger partial charge is 0.396 e. The molecule has 2 unspecified atom stereocenters. The van der Waals surface area contributed by atoms with Gasteiger partial charge in [-0.25, -0.2) is 0 Å². The standard InChI is InChI=1S/C9H20O2.2C3H4O2/c10-8-6-4-2-1-3-5-7-9-11;2*4-1-3-2-5-3/h10-11H,1-9H2;2*1,3H,2H2. The number of hydrogen-bond donors (Lipinski definition) is 2. The van der Waals surface area contributed by atoms with E-state index in [1.165, 1.54) is 19.3 Å². The zero-order valence-electron chi connectivity index (χ0n) is 12.6. The molecule has 2 saturated heterocycles. The lowest BCUT2D eigenvalue weighted by atomic mass is 10.1. The second-order valence-corrected chi connectivity index (χ2v) is 4.94. The van der Waals surface area contributed by atoms with Gasteiger partial charge in [0.2, 0.25) is 0 Å². The van der Waals surface area contributed by atoms with Gasteiger partial charge in [-0.05, 0) is 12.8 Å². The molecule has 0 radical (unpaired) electrons. The molecule has 6 nitrogen and oxygen atoms in total. The van der Waals surface area contributed by atoms with E-state index in [4.69, 9.17) is 10.2 Å². The van der Waals surface area contributed by atoms with Crippen LogP contribution < -0.4 is 0 Å². The molecular formula is C15H28O6. The number of hydrogen-bond acceptors (Lipinski definition) is 6. The summed E-state index contributed by atoms with van der Waals surface area (Å²) in [5.41, 5.74) is 0. The van der Waals surface area contributed by atoms with Gasteiger partial charge in [0.05, 0.1) is 13.2 Å². The van der Waals surface area contributed by atoms with Crippen LogP contribution in [-0.4, -0.2) is 61.4 Å². The van der Waals surface area contributed by atoms with Crippen LogP contribution in [0.2, 0.25) is 0 Å². The Morgan fingerprint density at radius 2 is 1.00 bits per heavy atom. The van der Waals surface area contributed by atoms with Crippen molar-refractivity contribution < 1.29 is 29.3 Å². The van der Waals surface area contributed by atoms with Crippen LogP contribution in [0.1, 0.15) is 44.9 Å². The van der Waals surface area contributed by atoms with E-state index < -0.39 is 0 Å². The molecule has 0 spiro atoms. The van der Waals surface area contributed by atoms with Gasteiger partial charge in [-0.1, -0.05) is 32.1 Å². The van der Waals surface area contributed by atoms with E-state index in [9.17, 15) is 9.59 Å². The molecular weight excluding hydrogens is 276 g/mol. The van der Waals surface area contributed by atoms with Crippen molar-refractivity contribution in [2.45, 2.75) is 57.2 Å². The molecule has 2 atom stereocenters. The van der Waals surface area contributed by atoms with Crippen molar-refractivity contribution in [3.05, 3.63) is 0 Å². The second kappa shape index (κ2) is 15.6. The van der Waals surface area contributed by atoms with E-state index in [-0.39, 0.29) is 12.2 Å². The number of aliphatic hydroxyl groups is 2. The number of epoxide rings is 2. The molecule has 2 heterocycles. The number of carbonyl (C=O) groups is 2. The maximum absolute atomic E-state index is 9.44. The second-order valence-electron chi connectivity index (χ2n) is 4.94. The normalized spacial score (nSPS) is 21.2. The smallest absolute Gasteiger partial charge is 0.151 e. The minimum Gasteiger partial charge on any atom is -0.396 e. The Labute approximate surface area is 126 Å². The van der Waals surface area contributed by atoms with Crippen molar-refractivity contribution in [2.75, 3.05) is 26.4 Å². The molecule has 0 aromatic heterocycles. The maximum Gasteiger partial charge on any atom is 0.151 e. The van der Waals surface area contributed by atoms with Crippen LogP contribution in [0.5, 0.6) is 0 Å². The van der Waals surface area contributed by atoms with Crippen molar-refractivity contribution in [1.29, 1.82) is 0 Å². The molecule has 0 amide bonds. The highest BCUT2D eigenvalue weighted by molar-refractivity contribution is 5.59. The topological polar surface area (TPSA) is 99.7 Å². The average molecular weight is 304 g/mol. The summed E-state index contributed by atoms with van der Waals surface area (Å²) in [6.45, 7) is 1.94. The van der Waals surface area contributed by atoms with Crippen molar-refractivity contribution >= 4 is 12.6 Å². The van der Waals surface area contributed by atoms with Gasteiger partial charge < -0.3 is 29.3 Å². The van der Waals surface area contributed by atoms with Gasteiger partial charge in [0, 0.05) is 13.2 Å². The van der Waals surface area contributed by atoms with E-state index >= 15 is 0 Å². The molecule has 0 aliphatic carbocycles. The molecule has 6 heteroatoms. The fourth-order valence-corrected chi connectivity index (χ4v) is 1.38. The molecule has 2 aliphatic rings. The van der Waals surface area contributed by atoms with Crippen LogP contribution in [0.25, 0.3) is 0 Å². The number of aldehydes is 2. The third-order valence-corrected chi connectivity index (χ3v) is 2.84. The number of ether oxygens (including phenoxy) is 2. The van der Waals surface area contributed by atoms with Crippen molar-refractivity contribution in [2.24, 2.45) is 0 Å². The fraction of sp³-hybridized carbons (Fsp3) is 0.867. The lowest BCUT2D eigenvalue weighted by molar-refractivity contribution is -0.109. The highest BCUT2D eigenvalue weighted by Crippen LogP contribution is 2.06. The number of aliphatic hydroxyl groups excluding tert-OH is 2. The fourth-order valence-electron chi connectivity index (χ4n) is 1.38. The molecule has 2 N–H and O–H groups in total. The zero-order valence-corrected chi connectivity index (χ0v) is 12.6. The minimum absolute atomic E-state index is 0.0463. The first-order valence-electron chi connectivity index (χ1n) is 7.64. The van der Waals surface area contributed by atoms with Crippen molar-refractivity contribution in [3.8, 4) is 0 Å². The van der Waals surface area contributed by atoms with Crippen LogP contribution in [0.15, 0.2) is 0 Å². The SMILES string of the molecule is O=CC1CO1.O=CC1CO1.OCCCCCCCCCO. The summed E-state index contributed by atoms with van der Waals surface area (Å²) in [5.74, 6) is 0. The summed E-state index contributed by atoms with van der Waals surface area (Å²) in [7, 11) is 0. The quantitative estimate of drug-likeness (QED) is 0.353. The molecule has 21 heavy (non-hydrogen) atoms. The third kappa shape index (κ3) is 19.2. The van der Waals surface area contributed by atoms with E-state index in [1.54, 1.807) is 0 Å². The first-order chi connectivity index (χ1) is 10.3. The predicted octanol–water partition coefficient (Wildman–Crippen LogP) is 0.870. The summed E-state index contributed by atoms with van der Waals surface area (Å²) >= 11 is 0. The van der Waals surface area contributed by atoms with Crippen LogP contribution in [-0.2, 0) is 19.1 Å². The van der Waals surface area contributed by atoms with E-state index in [1.807, 2.05) is 0 Å². The van der Waals surface area contributed by atoms with Crippen LogP contribution in [0, 0.1) is 0 Å². The third-order valence-electron chi connectivity index (χ3n) is 2.84. The van der Waals surface area contributed by atoms with Crippen LogP contribution in [0.4, 0.5) is 0 Å². The van der Waals surface area contributed by atoms with Crippen molar-refractivity contribution in [3.63, 3.8) is 0 Å². The monoisotopic (exact) mass is 304 g/mol. The number of rotatable bonds is 10.